The third-order valence-electron chi connectivity index (χ3n) is 0. The van der Waals surface area contributed by atoms with Crippen LogP contribution in [0.1, 0.15) is 0 Å². The van der Waals surface area contributed by atoms with Gasteiger partial charge in [-0.15, -0.1) is 0 Å². The summed E-state index contributed by atoms with van der Waals surface area (Å²) in [6.07, 6.45) is 0. The molecule has 0 rings (SSSR count). The van der Waals surface area contributed by atoms with Gasteiger partial charge in [-0.05, 0) is 0 Å². The summed E-state index contributed by atoms with van der Waals surface area (Å²) in [5, 5.41) is 8.72. The first kappa shape index (κ1) is 11.8. The van der Waals surface area contributed by atoms with Gasteiger partial charge < -0.3 is 0 Å². The van der Waals surface area contributed by atoms with E-state index >= 15 is 0 Å². The predicted molar refractivity (Wildman–Crippen MR) is 21.2 cm³/mol. The topological polar surface area (TPSA) is 118 Å². The van der Waals surface area contributed by atoms with Crippen molar-refractivity contribution in [1.29, 1.82) is 0 Å². The van der Waals surface area contributed by atoms with Crippen LogP contribution in [0.15, 0.2) is 0 Å². The molecule has 7 nitrogen and oxygen atoms in total. The minimum absolute atomic E-state index is 0.690. The summed E-state index contributed by atoms with van der Waals surface area (Å²) in [7, 11) is -4.67. The van der Waals surface area contributed by atoms with Gasteiger partial charge in [-0.2, -0.15) is 8.42 Å². The molecule has 2 N–H and O–H groups in total. The summed E-state index contributed by atoms with van der Waals surface area (Å²) in [6.45, 7) is 0. The van der Waals surface area contributed by atoms with Gasteiger partial charge >= 0.3 is 45.2 Å². The number of rotatable bonds is 0. The van der Waals surface area contributed by atoms with E-state index in [2.05, 4.69) is 0 Å². The summed E-state index contributed by atoms with van der Waals surface area (Å²) in [4.78, 5) is 8.72. The van der Waals surface area contributed by atoms with Crippen molar-refractivity contribution in [2.45, 2.75) is 0 Å². The first-order valence-corrected chi connectivity index (χ1v) is 3.26. The van der Waals surface area contributed by atoms with Crippen LogP contribution in [-0.2, 0) is 31.7 Å². The Labute approximate surface area is 63.0 Å². The Kier molecular flexibility index (Phi) is 6.34. The van der Waals surface area contributed by atoms with Crippen molar-refractivity contribution >= 4 is 10.4 Å². The van der Waals surface area contributed by atoms with Gasteiger partial charge in [0.2, 0.25) is 0 Å². The second kappa shape index (κ2) is 4.85. The van der Waals surface area contributed by atoms with Gasteiger partial charge in [-0.3, -0.25) is 9.11 Å². The zero-order valence-corrected chi connectivity index (χ0v) is 5.98. The van der Waals surface area contributed by atoms with Crippen molar-refractivity contribution in [2.24, 2.45) is 0 Å². The van der Waals surface area contributed by atoms with Gasteiger partial charge in [0.1, 0.15) is 0 Å². The Morgan fingerprint density at radius 2 is 1.44 bits per heavy atom. The molecule has 0 aromatic rings. The molecule has 60 valence electrons. The predicted octanol–water partition coefficient (Wildman–Crippen LogP) is -0.928. The standard InChI is InChI=1S/Ag.NO2.H2O4S/c;2-1-3;1-5(2,3)4/h;;(H2,1,2,3,4). The van der Waals surface area contributed by atoms with Gasteiger partial charge in [-0.1, -0.05) is 0 Å². The monoisotopic (exact) mass is 251 g/mol. The van der Waals surface area contributed by atoms with E-state index in [1.165, 1.54) is 0 Å². The Morgan fingerprint density at radius 3 is 1.44 bits per heavy atom. The van der Waals surface area contributed by atoms with E-state index in [4.69, 9.17) is 27.6 Å². The van der Waals surface area contributed by atoms with Crippen molar-refractivity contribution < 1.29 is 42.2 Å². The summed E-state index contributed by atoms with van der Waals surface area (Å²) in [5.41, 5.74) is 0. The second-order valence-electron chi connectivity index (χ2n) is 0.632. The van der Waals surface area contributed by atoms with Crippen LogP contribution in [0.25, 0.3) is 0 Å². The van der Waals surface area contributed by atoms with Crippen molar-refractivity contribution in [3.8, 4) is 0 Å². The average Bonchev–Trinajstić information content (AvgIpc) is 1.19. The fraction of sp³-hybridized carbons (Fsp3) is 0. The number of nitro groups is 1. The number of hydrogen-bond acceptors (Lipinski definition) is 4. The van der Waals surface area contributed by atoms with E-state index in [-0.39, 0.29) is 0 Å². The van der Waals surface area contributed by atoms with Crippen LogP contribution in [0.5, 0.6) is 0 Å². The fourth-order valence-corrected chi connectivity index (χ4v) is 0. The molecule has 0 amide bonds. The van der Waals surface area contributed by atoms with Crippen LogP contribution in [-0.4, -0.2) is 20.9 Å². The Morgan fingerprint density at radius 1 is 1.44 bits per heavy atom. The van der Waals surface area contributed by atoms with Gasteiger partial charge in [0.15, 0.2) is 0 Å². The maximum atomic E-state index is 8.74. The SMILES string of the molecule is O=S(=O)(O)O.O=[N+]([O-])[Ag]. The van der Waals surface area contributed by atoms with E-state index in [0.717, 1.165) is 0 Å². The second-order valence-corrected chi connectivity index (χ2v) is 2.07. The number of hydrogen-bond donors (Lipinski definition) is 2. The number of nitrogens with zero attached hydrogens (tertiary/aromatic N) is 1. The summed E-state index contributed by atoms with van der Waals surface area (Å²) in [6, 6.07) is 0. The van der Waals surface area contributed by atoms with Crippen molar-refractivity contribution in [2.75, 3.05) is 0 Å². The fourth-order valence-electron chi connectivity index (χ4n) is 0. The summed E-state index contributed by atoms with van der Waals surface area (Å²) in [5.74, 6) is 0. The zero-order valence-electron chi connectivity index (χ0n) is 3.68. The third-order valence-corrected chi connectivity index (χ3v) is 0. The molecule has 0 radical (unpaired) electrons. The molecular weight excluding hydrogens is 250 g/mol. The van der Waals surface area contributed by atoms with Crippen LogP contribution < -0.4 is 0 Å². The van der Waals surface area contributed by atoms with E-state index < -0.39 is 13.7 Å². The molecule has 9 heavy (non-hydrogen) atoms. The average molecular weight is 252 g/mol. The molecule has 9 heteroatoms. The van der Waals surface area contributed by atoms with Gasteiger partial charge in [0, 0.05) is 0 Å². The molecule has 0 fully saturated rings. The third kappa shape index (κ3) is 2750000. The van der Waals surface area contributed by atoms with E-state index in [1.54, 1.807) is 0 Å². The van der Waals surface area contributed by atoms with Crippen LogP contribution in [0.2, 0.25) is 0 Å². The zero-order chi connectivity index (χ0) is 8.08. The van der Waals surface area contributed by atoms with E-state index in [0.29, 0.717) is 0 Å². The van der Waals surface area contributed by atoms with Crippen molar-refractivity contribution in [3.05, 3.63) is 10.1 Å². The molecule has 0 aromatic heterocycles. The van der Waals surface area contributed by atoms with Gasteiger partial charge in [0.05, 0.1) is 0 Å². The van der Waals surface area contributed by atoms with Crippen LogP contribution in [0.3, 0.4) is 0 Å². The maximum absolute atomic E-state index is 8.74. The van der Waals surface area contributed by atoms with E-state index in [9.17, 15) is 0 Å². The Bertz CT molecular complexity index is 155. The van der Waals surface area contributed by atoms with E-state index in [1.807, 2.05) is 21.3 Å². The molecule has 0 saturated heterocycles. The first-order valence-electron chi connectivity index (χ1n) is 1.20. The normalized spacial score (nSPS) is 9.33. The molecule has 0 atom stereocenters. The summed E-state index contributed by atoms with van der Waals surface area (Å²) >= 11 is 2.01. The summed E-state index contributed by atoms with van der Waals surface area (Å²) < 4.78 is 30.9. The van der Waals surface area contributed by atoms with Gasteiger partial charge in [-0.25, -0.2) is 0 Å². The van der Waals surface area contributed by atoms with Crippen LogP contribution >= 0.6 is 0 Å². The first-order chi connectivity index (χ1) is 3.73. The Hall–Kier alpha value is 0.0103. The molecule has 0 saturated carbocycles. The van der Waals surface area contributed by atoms with Crippen LogP contribution in [0, 0.1) is 10.1 Å². The van der Waals surface area contributed by atoms with Crippen molar-refractivity contribution in [3.63, 3.8) is 0 Å². The molecule has 0 aromatic carbocycles. The van der Waals surface area contributed by atoms with Gasteiger partial charge in [0.25, 0.3) is 0 Å². The van der Waals surface area contributed by atoms with Crippen molar-refractivity contribution in [1.82, 2.24) is 0 Å². The molecule has 0 bridgehead atoms. The molecule has 0 heterocycles. The Balaban J connectivity index is 0. The quantitative estimate of drug-likeness (QED) is 0.249. The van der Waals surface area contributed by atoms with Crippen LogP contribution in [0.4, 0.5) is 0 Å². The molecule has 0 spiro atoms. The molecule has 0 aliphatic rings. The minimum atomic E-state index is -4.67. The molecule has 0 aliphatic carbocycles. The molecule has 0 aliphatic heterocycles. The molecule has 0 unspecified atom stereocenters. The molecular formula is H2AgNO6S.